The zero-order valence-electron chi connectivity index (χ0n) is 12.6. The van der Waals surface area contributed by atoms with Crippen LogP contribution in [0, 0.1) is 0 Å². The average Bonchev–Trinajstić information content (AvgIpc) is 2.94. The molecule has 0 spiro atoms. The Balaban J connectivity index is 2.44. The second kappa shape index (κ2) is 6.92. The van der Waals surface area contributed by atoms with E-state index in [1.54, 1.807) is 17.8 Å². The fourth-order valence-electron chi connectivity index (χ4n) is 2.28. The van der Waals surface area contributed by atoms with Gasteiger partial charge >= 0.3 is 6.16 Å². The molecule has 0 aliphatic heterocycles. The Bertz CT molecular complexity index is 597. The second-order valence-corrected chi connectivity index (χ2v) is 4.52. The predicted octanol–water partition coefficient (Wildman–Crippen LogP) is 3.53. The smallest absolute Gasteiger partial charge is 0.434 e. The monoisotopic (exact) mass is 288 g/mol. The van der Waals surface area contributed by atoms with Crippen molar-refractivity contribution in [1.82, 2.24) is 9.55 Å². The lowest BCUT2D eigenvalue weighted by molar-refractivity contribution is 0.102. The minimum absolute atomic E-state index is 0.277. The fourth-order valence-corrected chi connectivity index (χ4v) is 2.28. The largest absolute Gasteiger partial charge is 0.515 e. The van der Waals surface area contributed by atoms with Gasteiger partial charge in [-0.05, 0) is 30.9 Å². The molecular weight excluding hydrogens is 268 g/mol. The van der Waals surface area contributed by atoms with Crippen LogP contribution in [-0.4, -0.2) is 22.3 Å². The zero-order chi connectivity index (χ0) is 15.2. The van der Waals surface area contributed by atoms with Crippen LogP contribution in [0.15, 0.2) is 30.7 Å². The van der Waals surface area contributed by atoms with Gasteiger partial charge in [-0.3, -0.25) is 4.57 Å². The molecule has 1 heterocycles. The van der Waals surface area contributed by atoms with Crippen LogP contribution in [0.1, 0.15) is 31.9 Å². The summed E-state index contributed by atoms with van der Waals surface area (Å²) >= 11 is 0. The first-order valence-electron chi connectivity index (χ1n) is 7.19. The van der Waals surface area contributed by atoms with Crippen LogP contribution >= 0.6 is 0 Å². The van der Waals surface area contributed by atoms with E-state index in [1.165, 1.54) is 17.3 Å². The summed E-state index contributed by atoms with van der Waals surface area (Å²) < 4.78 is 11.8. The van der Waals surface area contributed by atoms with Crippen molar-refractivity contribution in [2.45, 2.75) is 33.6 Å². The van der Waals surface area contributed by atoms with Gasteiger partial charge in [0.15, 0.2) is 0 Å². The highest BCUT2D eigenvalue weighted by atomic mass is 16.7. The van der Waals surface area contributed by atoms with Gasteiger partial charge in [0.05, 0.1) is 18.5 Å². The second-order valence-electron chi connectivity index (χ2n) is 4.52. The van der Waals surface area contributed by atoms with Gasteiger partial charge in [-0.2, -0.15) is 0 Å². The summed E-state index contributed by atoms with van der Waals surface area (Å²) in [4.78, 5) is 15.6. The third kappa shape index (κ3) is 3.24. The molecule has 1 aromatic carbocycles. The number of aryl methyl sites for hydroxylation is 2. The summed E-state index contributed by atoms with van der Waals surface area (Å²) in [7, 11) is 0. The minimum atomic E-state index is -0.716. The van der Waals surface area contributed by atoms with Crippen LogP contribution < -0.4 is 4.74 Å². The van der Waals surface area contributed by atoms with Crippen LogP contribution in [0.2, 0.25) is 0 Å². The van der Waals surface area contributed by atoms with E-state index in [1.807, 2.05) is 6.07 Å². The lowest BCUT2D eigenvalue weighted by Crippen LogP contribution is -2.13. The first kappa shape index (κ1) is 15.1. The van der Waals surface area contributed by atoms with Crippen LogP contribution in [0.25, 0.3) is 5.69 Å². The number of imidazole rings is 1. The number of para-hydroxylation sites is 1. The zero-order valence-corrected chi connectivity index (χ0v) is 12.6. The van der Waals surface area contributed by atoms with Gasteiger partial charge in [-0.25, -0.2) is 9.78 Å². The number of hydrogen-bond acceptors (Lipinski definition) is 4. The van der Waals surface area contributed by atoms with E-state index in [0.29, 0.717) is 5.88 Å². The quantitative estimate of drug-likeness (QED) is 0.790. The topological polar surface area (TPSA) is 53.4 Å². The van der Waals surface area contributed by atoms with Gasteiger partial charge in [0.25, 0.3) is 0 Å². The van der Waals surface area contributed by atoms with Gasteiger partial charge in [0.2, 0.25) is 5.88 Å². The standard InChI is InChI=1S/C16H20N2O3/c1-4-12-8-7-9-13(5-2)15(12)18-11-17-10-14(18)21-16(19)20-6-3/h7-11H,4-6H2,1-3H3. The maximum absolute atomic E-state index is 11.5. The van der Waals surface area contributed by atoms with Crippen molar-refractivity contribution >= 4 is 6.16 Å². The maximum Gasteiger partial charge on any atom is 0.515 e. The Hall–Kier alpha value is -2.30. The highest BCUT2D eigenvalue weighted by Gasteiger charge is 2.15. The number of carbonyl (C=O) groups is 1. The number of aromatic nitrogens is 2. The van der Waals surface area contributed by atoms with Crippen molar-refractivity contribution < 1.29 is 14.3 Å². The first-order chi connectivity index (χ1) is 10.2. The molecule has 0 fully saturated rings. The van der Waals surface area contributed by atoms with Crippen molar-refractivity contribution in [1.29, 1.82) is 0 Å². The lowest BCUT2D eigenvalue weighted by Gasteiger charge is -2.15. The number of rotatable bonds is 5. The molecule has 5 heteroatoms. The minimum Gasteiger partial charge on any atom is -0.434 e. The Morgan fingerprint density at radius 2 is 1.86 bits per heavy atom. The molecule has 0 saturated carbocycles. The van der Waals surface area contributed by atoms with Crippen LogP contribution in [0.5, 0.6) is 5.88 Å². The van der Waals surface area contributed by atoms with Crippen molar-refractivity contribution in [3.63, 3.8) is 0 Å². The Kier molecular flexibility index (Phi) is 4.98. The van der Waals surface area contributed by atoms with Crippen molar-refractivity contribution in [2.24, 2.45) is 0 Å². The van der Waals surface area contributed by atoms with E-state index in [4.69, 9.17) is 9.47 Å². The summed E-state index contributed by atoms with van der Waals surface area (Å²) in [6.07, 6.45) is 4.23. The SMILES string of the molecule is CCOC(=O)Oc1cncn1-c1c(CC)cccc1CC. The summed E-state index contributed by atoms with van der Waals surface area (Å²) in [6.45, 7) is 6.21. The molecule has 0 N–H and O–H groups in total. The van der Waals surface area contributed by atoms with Gasteiger partial charge < -0.3 is 9.47 Å². The molecule has 21 heavy (non-hydrogen) atoms. The number of benzene rings is 1. The molecular formula is C16H20N2O3. The molecule has 0 aliphatic carbocycles. The molecule has 112 valence electrons. The number of nitrogens with zero attached hydrogens (tertiary/aromatic N) is 2. The van der Waals surface area contributed by atoms with Crippen LogP contribution in [0.4, 0.5) is 4.79 Å². The average molecular weight is 288 g/mol. The number of hydrogen-bond donors (Lipinski definition) is 0. The van der Waals surface area contributed by atoms with Crippen LogP contribution in [-0.2, 0) is 17.6 Å². The lowest BCUT2D eigenvalue weighted by atomic mass is 10.0. The van der Waals surface area contributed by atoms with E-state index < -0.39 is 6.16 Å². The molecule has 0 saturated heterocycles. The molecule has 1 aromatic heterocycles. The van der Waals surface area contributed by atoms with E-state index in [9.17, 15) is 4.79 Å². The predicted molar refractivity (Wildman–Crippen MR) is 80.0 cm³/mol. The molecule has 2 aromatic rings. The Morgan fingerprint density at radius 1 is 1.19 bits per heavy atom. The number of ether oxygens (including phenoxy) is 2. The van der Waals surface area contributed by atoms with E-state index >= 15 is 0 Å². The van der Waals surface area contributed by atoms with Crippen LogP contribution in [0.3, 0.4) is 0 Å². The normalized spacial score (nSPS) is 10.4. The van der Waals surface area contributed by atoms with Gasteiger partial charge in [-0.1, -0.05) is 32.0 Å². The van der Waals surface area contributed by atoms with E-state index in [-0.39, 0.29) is 6.61 Å². The molecule has 5 nitrogen and oxygen atoms in total. The van der Waals surface area contributed by atoms with Gasteiger partial charge in [0, 0.05) is 0 Å². The summed E-state index contributed by atoms with van der Waals surface area (Å²) in [5.74, 6) is 0.365. The summed E-state index contributed by atoms with van der Waals surface area (Å²) in [5, 5.41) is 0. The molecule has 0 atom stereocenters. The Morgan fingerprint density at radius 3 is 2.43 bits per heavy atom. The molecule has 2 rings (SSSR count). The van der Waals surface area contributed by atoms with Crippen molar-refractivity contribution in [3.8, 4) is 11.6 Å². The molecule has 0 bridgehead atoms. The summed E-state index contributed by atoms with van der Waals surface area (Å²) in [5.41, 5.74) is 3.39. The third-order valence-electron chi connectivity index (χ3n) is 3.26. The van der Waals surface area contributed by atoms with E-state index in [2.05, 4.69) is 31.0 Å². The van der Waals surface area contributed by atoms with Gasteiger partial charge in [-0.15, -0.1) is 0 Å². The number of carbonyl (C=O) groups excluding carboxylic acids is 1. The molecule has 0 radical (unpaired) electrons. The highest BCUT2D eigenvalue weighted by molar-refractivity contribution is 5.63. The van der Waals surface area contributed by atoms with E-state index in [0.717, 1.165) is 18.5 Å². The fraction of sp³-hybridized carbons (Fsp3) is 0.375. The van der Waals surface area contributed by atoms with Gasteiger partial charge in [0.1, 0.15) is 6.33 Å². The maximum atomic E-state index is 11.5. The third-order valence-corrected chi connectivity index (χ3v) is 3.26. The molecule has 0 amide bonds. The highest BCUT2D eigenvalue weighted by Crippen LogP contribution is 2.26. The molecule has 0 aliphatic rings. The summed E-state index contributed by atoms with van der Waals surface area (Å²) in [6, 6.07) is 6.19. The molecule has 0 unspecified atom stereocenters. The first-order valence-corrected chi connectivity index (χ1v) is 7.19. The van der Waals surface area contributed by atoms with Crippen molar-refractivity contribution in [2.75, 3.05) is 6.61 Å². The Labute approximate surface area is 124 Å². The van der Waals surface area contributed by atoms with Crippen molar-refractivity contribution in [3.05, 3.63) is 41.9 Å².